The Hall–Kier alpha value is -2.58. The molecule has 31 heavy (non-hydrogen) atoms. The van der Waals surface area contributed by atoms with Crippen molar-refractivity contribution < 1.29 is 13.9 Å². The molecule has 2 aromatic carbocycles. The smallest absolute Gasteiger partial charge is 0.409 e. The maximum Gasteiger partial charge on any atom is 0.409 e. The molecular weight excluding hydrogens is 439 g/mol. The fourth-order valence-electron chi connectivity index (χ4n) is 3.34. The minimum absolute atomic E-state index is 0.167. The quantitative estimate of drug-likeness (QED) is 0.523. The van der Waals surface area contributed by atoms with Crippen molar-refractivity contribution in [3.8, 4) is 0 Å². The van der Waals surface area contributed by atoms with Crippen molar-refractivity contribution in [3.63, 3.8) is 0 Å². The number of likely N-dealkylation sites (tertiary alicyclic amines) is 1. The van der Waals surface area contributed by atoms with E-state index in [9.17, 15) is 9.18 Å². The lowest BCUT2D eigenvalue weighted by atomic mass is 10.1. The van der Waals surface area contributed by atoms with Crippen molar-refractivity contribution in [2.45, 2.75) is 32.4 Å². The number of hydrogen-bond donors (Lipinski definition) is 3. The molecule has 0 aromatic heterocycles. The molecule has 3 N–H and O–H groups in total. The predicted octanol–water partition coefficient (Wildman–Crippen LogP) is 5.00. The zero-order valence-corrected chi connectivity index (χ0v) is 18.9. The number of anilines is 2. The van der Waals surface area contributed by atoms with Gasteiger partial charge >= 0.3 is 6.09 Å². The van der Waals surface area contributed by atoms with E-state index in [-0.39, 0.29) is 18.0 Å². The van der Waals surface area contributed by atoms with E-state index in [4.69, 9.17) is 28.6 Å². The van der Waals surface area contributed by atoms with Crippen LogP contribution in [0.15, 0.2) is 42.5 Å². The van der Waals surface area contributed by atoms with Crippen molar-refractivity contribution in [3.05, 3.63) is 58.9 Å². The van der Waals surface area contributed by atoms with E-state index in [1.54, 1.807) is 36.1 Å². The summed E-state index contributed by atoms with van der Waals surface area (Å²) in [4.78, 5) is 13.5. The Balaban J connectivity index is 1.54. The first kappa shape index (κ1) is 23.1. The molecule has 6 nitrogen and oxygen atoms in total. The van der Waals surface area contributed by atoms with Gasteiger partial charge in [0.1, 0.15) is 5.82 Å². The fourth-order valence-corrected chi connectivity index (χ4v) is 3.79. The molecule has 1 heterocycles. The molecule has 1 fully saturated rings. The molecule has 0 bridgehead atoms. The summed E-state index contributed by atoms with van der Waals surface area (Å²) >= 11 is 11.7. The molecule has 0 radical (unpaired) electrons. The number of thiocarbonyl (C=S) groups is 1. The molecule has 1 amide bonds. The average molecular weight is 465 g/mol. The van der Waals surface area contributed by atoms with E-state index in [0.717, 1.165) is 29.8 Å². The number of rotatable bonds is 6. The van der Waals surface area contributed by atoms with Crippen LogP contribution in [-0.2, 0) is 11.3 Å². The standard InChI is InChI=1S/C22H26ClFN4O2S/c1-2-30-22(29)28-11-9-18(10-12-28)26-21(31)27-20-13-16(23)5-8-19(20)25-14-15-3-6-17(24)7-4-15/h3-8,13,18,25H,2,9-12,14H2,1H3,(H2,26,27,31). The predicted molar refractivity (Wildman–Crippen MR) is 126 cm³/mol. The van der Waals surface area contributed by atoms with Gasteiger partial charge in [-0.15, -0.1) is 0 Å². The van der Waals surface area contributed by atoms with Crippen LogP contribution in [0.2, 0.25) is 5.02 Å². The van der Waals surface area contributed by atoms with Crippen molar-refractivity contribution >= 4 is 46.4 Å². The second kappa shape index (κ2) is 11.2. The van der Waals surface area contributed by atoms with Crippen molar-refractivity contribution in [1.82, 2.24) is 10.2 Å². The van der Waals surface area contributed by atoms with Gasteiger partial charge in [0, 0.05) is 30.7 Å². The van der Waals surface area contributed by atoms with E-state index in [0.29, 0.717) is 36.4 Å². The summed E-state index contributed by atoms with van der Waals surface area (Å²) in [5, 5.41) is 10.9. The maximum atomic E-state index is 13.1. The first-order valence-corrected chi connectivity index (χ1v) is 11.0. The largest absolute Gasteiger partial charge is 0.450 e. The summed E-state index contributed by atoms with van der Waals surface area (Å²) in [6.45, 7) is 3.96. The third-order valence-electron chi connectivity index (χ3n) is 4.98. The summed E-state index contributed by atoms with van der Waals surface area (Å²) in [5.41, 5.74) is 2.53. The van der Waals surface area contributed by atoms with Gasteiger partial charge in [-0.1, -0.05) is 23.7 Å². The molecule has 1 saturated heterocycles. The molecule has 0 spiro atoms. The van der Waals surface area contributed by atoms with Gasteiger partial charge < -0.3 is 25.6 Å². The molecule has 0 atom stereocenters. The first-order chi connectivity index (χ1) is 14.9. The normalized spacial score (nSPS) is 14.1. The summed E-state index contributed by atoms with van der Waals surface area (Å²) in [7, 11) is 0. The van der Waals surface area contributed by atoms with Gasteiger partial charge in [-0.3, -0.25) is 0 Å². The minimum atomic E-state index is -0.266. The molecule has 0 saturated carbocycles. The Morgan fingerprint density at radius 1 is 1.19 bits per heavy atom. The zero-order valence-electron chi connectivity index (χ0n) is 17.3. The lowest BCUT2D eigenvalue weighted by molar-refractivity contribution is 0.0964. The Morgan fingerprint density at radius 3 is 2.58 bits per heavy atom. The average Bonchev–Trinajstić information content (AvgIpc) is 2.75. The minimum Gasteiger partial charge on any atom is -0.450 e. The number of nitrogens with one attached hydrogen (secondary N) is 3. The van der Waals surface area contributed by atoms with Crippen LogP contribution in [-0.4, -0.2) is 41.8 Å². The second-order valence-electron chi connectivity index (χ2n) is 7.23. The van der Waals surface area contributed by atoms with Crippen molar-refractivity contribution in [1.29, 1.82) is 0 Å². The Kier molecular flexibility index (Phi) is 8.31. The van der Waals surface area contributed by atoms with Gasteiger partial charge in [-0.05, 0) is 67.9 Å². The third kappa shape index (κ3) is 6.97. The summed E-state index contributed by atoms with van der Waals surface area (Å²) in [6.07, 6.45) is 1.30. The molecule has 3 rings (SSSR count). The number of halogens is 2. The van der Waals surface area contributed by atoms with E-state index in [1.807, 2.05) is 6.07 Å². The van der Waals surface area contributed by atoms with Crippen molar-refractivity contribution in [2.75, 3.05) is 30.3 Å². The lowest BCUT2D eigenvalue weighted by Gasteiger charge is -2.32. The van der Waals surface area contributed by atoms with Gasteiger partial charge in [0.25, 0.3) is 0 Å². The highest BCUT2D eigenvalue weighted by Crippen LogP contribution is 2.26. The van der Waals surface area contributed by atoms with Gasteiger partial charge in [-0.2, -0.15) is 0 Å². The Bertz CT molecular complexity index is 905. The van der Waals surface area contributed by atoms with Crippen LogP contribution in [0, 0.1) is 5.82 Å². The first-order valence-electron chi connectivity index (χ1n) is 10.2. The molecule has 0 unspecified atom stereocenters. The van der Waals surface area contributed by atoms with Crippen LogP contribution in [0.1, 0.15) is 25.3 Å². The number of hydrogen-bond acceptors (Lipinski definition) is 4. The summed E-state index contributed by atoms with van der Waals surface area (Å²) < 4.78 is 18.2. The molecule has 166 valence electrons. The van der Waals surface area contributed by atoms with E-state index in [1.165, 1.54) is 12.1 Å². The van der Waals surface area contributed by atoms with Crippen LogP contribution in [0.4, 0.5) is 20.6 Å². The monoisotopic (exact) mass is 464 g/mol. The molecular formula is C22H26ClFN4O2S. The topological polar surface area (TPSA) is 65.6 Å². The van der Waals surface area contributed by atoms with Crippen LogP contribution in [0.25, 0.3) is 0 Å². The summed E-state index contributed by atoms with van der Waals surface area (Å²) in [6, 6.07) is 12.0. The number of carbonyl (C=O) groups is 1. The molecule has 1 aliphatic rings. The Morgan fingerprint density at radius 2 is 1.90 bits per heavy atom. The molecule has 0 aliphatic carbocycles. The van der Waals surface area contributed by atoms with Crippen LogP contribution >= 0.6 is 23.8 Å². The maximum absolute atomic E-state index is 13.1. The van der Waals surface area contributed by atoms with E-state index >= 15 is 0 Å². The lowest BCUT2D eigenvalue weighted by Crippen LogP contribution is -2.47. The van der Waals surface area contributed by atoms with E-state index in [2.05, 4.69) is 16.0 Å². The van der Waals surface area contributed by atoms with Gasteiger partial charge in [0.2, 0.25) is 0 Å². The highest BCUT2D eigenvalue weighted by molar-refractivity contribution is 7.80. The van der Waals surface area contributed by atoms with Gasteiger partial charge in [0.05, 0.1) is 18.0 Å². The number of benzene rings is 2. The van der Waals surface area contributed by atoms with Crippen molar-refractivity contribution in [2.24, 2.45) is 0 Å². The molecule has 9 heteroatoms. The number of amides is 1. The van der Waals surface area contributed by atoms with Crippen LogP contribution in [0.5, 0.6) is 0 Å². The number of nitrogens with zero attached hydrogens (tertiary/aromatic N) is 1. The molecule has 1 aliphatic heterocycles. The Labute approximate surface area is 192 Å². The van der Waals surface area contributed by atoms with Gasteiger partial charge in [0.15, 0.2) is 5.11 Å². The highest BCUT2D eigenvalue weighted by Gasteiger charge is 2.24. The zero-order chi connectivity index (χ0) is 22.2. The number of ether oxygens (including phenoxy) is 1. The number of carbonyl (C=O) groups excluding carboxylic acids is 1. The van der Waals surface area contributed by atoms with Crippen LogP contribution in [0.3, 0.4) is 0 Å². The highest BCUT2D eigenvalue weighted by atomic mass is 35.5. The number of piperidine rings is 1. The van der Waals surface area contributed by atoms with Crippen LogP contribution < -0.4 is 16.0 Å². The summed E-state index contributed by atoms with van der Waals surface area (Å²) in [5.74, 6) is -0.262. The fraction of sp³-hybridized carbons (Fsp3) is 0.364. The van der Waals surface area contributed by atoms with E-state index < -0.39 is 0 Å². The van der Waals surface area contributed by atoms with Gasteiger partial charge in [-0.25, -0.2) is 9.18 Å². The SMILES string of the molecule is CCOC(=O)N1CCC(NC(=S)Nc2cc(Cl)ccc2NCc2ccc(F)cc2)CC1. The molecule has 2 aromatic rings. The third-order valence-corrected chi connectivity index (χ3v) is 5.44. The second-order valence-corrected chi connectivity index (χ2v) is 8.07.